The molecule has 1 aromatic rings. The number of aliphatic hydroxyl groups excluding tert-OH is 1. The van der Waals surface area contributed by atoms with Gasteiger partial charge in [0.2, 0.25) is 0 Å². The maximum atomic E-state index is 9.84. The Balaban J connectivity index is 2.16. The summed E-state index contributed by atoms with van der Waals surface area (Å²) in [5, 5.41) is 11.9. The van der Waals surface area contributed by atoms with Gasteiger partial charge in [0.15, 0.2) is 0 Å². The Morgan fingerprint density at radius 1 is 1.50 bits per heavy atom. The summed E-state index contributed by atoms with van der Waals surface area (Å²) in [6.45, 7) is 4.11. The molecule has 0 bridgehead atoms. The maximum Gasteiger partial charge on any atom is 0.0900 e. The zero-order chi connectivity index (χ0) is 13.4. The fourth-order valence-corrected chi connectivity index (χ4v) is 2.18. The zero-order valence-electron chi connectivity index (χ0n) is 11.2. The smallest absolute Gasteiger partial charge is 0.0900 e. The van der Waals surface area contributed by atoms with Crippen molar-refractivity contribution in [2.24, 2.45) is 0 Å². The van der Waals surface area contributed by atoms with Gasteiger partial charge in [-0.15, -0.1) is 11.3 Å². The molecule has 2 unspecified atom stereocenters. The summed E-state index contributed by atoms with van der Waals surface area (Å²) in [6, 6.07) is 0. The SMILES string of the molecule is COCC(C)OCC(O)CN(C)Cc1cscn1. The largest absolute Gasteiger partial charge is 0.389 e. The molecule has 0 aliphatic rings. The van der Waals surface area contributed by atoms with E-state index in [0.717, 1.165) is 12.2 Å². The first kappa shape index (κ1) is 15.5. The molecular weight excluding hydrogens is 252 g/mol. The monoisotopic (exact) mass is 274 g/mol. The first-order valence-electron chi connectivity index (χ1n) is 5.96. The standard InChI is InChI=1S/C12H22N2O3S/c1-10(6-16-3)17-7-12(15)5-14(2)4-11-8-18-9-13-11/h8-10,12,15H,4-7H2,1-3H3. The van der Waals surface area contributed by atoms with Crippen molar-refractivity contribution < 1.29 is 14.6 Å². The molecule has 0 amide bonds. The van der Waals surface area contributed by atoms with Gasteiger partial charge in [0.05, 0.1) is 36.6 Å². The minimum absolute atomic E-state index is 0.00787. The topological polar surface area (TPSA) is 54.8 Å². The van der Waals surface area contributed by atoms with Gasteiger partial charge in [-0.1, -0.05) is 0 Å². The van der Waals surface area contributed by atoms with Gasteiger partial charge in [0, 0.05) is 25.6 Å². The van der Waals surface area contributed by atoms with Crippen molar-refractivity contribution >= 4 is 11.3 Å². The number of aromatic nitrogens is 1. The molecule has 2 atom stereocenters. The molecule has 0 aromatic carbocycles. The van der Waals surface area contributed by atoms with E-state index in [2.05, 4.69) is 4.98 Å². The van der Waals surface area contributed by atoms with Crippen molar-refractivity contribution in [3.8, 4) is 0 Å². The summed E-state index contributed by atoms with van der Waals surface area (Å²) in [4.78, 5) is 6.24. The Morgan fingerprint density at radius 3 is 2.89 bits per heavy atom. The van der Waals surface area contributed by atoms with E-state index < -0.39 is 6.10 Å². The number of aliphatic hydroxyl groups is 1. The lowest BCUT2D eigenvalue weighted by atomic mass is 10.3. The molecule has 0 aliphatic carbocycles. The van der Waals surface area contributed by atoms with Crippen LogP contribution in [0.4, 0.5) is 0 Å². The Hall–Kier alpha value is -0.530. The van der Waals surface area contributed by atoms with Gasteiger partial charge < -0.3 is 14.6 Å². The molecule has 1 heterocycles. The second-order valence-electron chi connectivity index (χ2n) is 4.43. The van der Waals surface area contributed by atoms with Gasteiger partial charge in [-0.2, -0.15) is 0 Å². The number of rotatable bonds is 9. The summed E-state index contributed by atoms with van der Waals surface area (Å²) < 4.78 is 10.4. The fraction of sp³-hybridized carbons (Fsp3) is 0.750. The molecule has 0 saturated carbocycles. The Kier molecular flexibility index (Phi) is 7.38. The number of hydrogen-bond acceptors (Lipinski definition) is 6. The van der Waals surface area contributed by atoms with Crippen molar-refractivity contribution in [2.45, 2.75) is 25.7 Å². The van der Waals surface area contributed by atoms with Crippen LogP contribution in [0.15, 0.2) is 10.9 Å². The van der Waals surface area contributed by atoms with Crippen molar-refractivity contribution in [2.75, 3.05) is 33.9 Å². The maximum absolute atomic E-state index is 9.84. The lowest BCUT2D eigenvalue weighted by molar-refractivity contribution is -0.0385. The number of likely N-dealkylation sites (N-methyl/N-ethyl adjacent to an activating group) is 1. The predicted molar refractivity (Wildman–Crippen MR) is 71.7 cm³/mol. The molecule has 0 fully saturated rings. The third kappa shape index (κ3) is 6.42. The molecule has 0 saturated heterocycles. The number of thiazole rings is 1. The van der Waals surface area contributed by atoms with E-state index in [-0.39, 0.29) is 6.10 Å². The minimum atomic E-state index is -0.493. The summed E-state index contributed by atoms with van der Waals surface area (Å²) in [5.41, 5.74) is 2.85. The highest BCUT2D eigenvalue weighted by Gasteiger charge is 2.11. The van der Waals surface area contributed by atoms with Crippen molar-refractivity contribution in [3.05, 3.63) is 16.6 Å². The molecule has 6 heteroatoms. The third-order valence-corrected chi connectivity index (χ3v) is 3.05. The van der Waals surface area contributed by atoms with Gasteiger partial charge in [-0.05, 0) is 14.0 Å². The van der Waals surface area contributed by atoms with Crippen LogP contribution in [-0.4, -0.2) is 61.1 Å². The Bertz CT molecular complexity index is 308. The molecule has 1 aromatic heterocycles. The van der Waals surface area contributed by atoms with Crippen molar-refractivity contribution in [1.29, 1.82) is 0 Å². The van der Waals surface area contributed by atoms with E-state index >= 15 is 0 Å². The number of ether oxygens (including phenoxy) is 2. The molecule has 1 N–H and O–H groups in total. The van der Waals surface area contributed by atoms with Gasteiger partial charge >= 0.3 is 0 Å². The molecule has 18 heavy (non-hydrogen) atoms. The van der Waals surface area contributed by atoms with E-state index in [0.29, 0.717) is 19.8 Å². The Labute approximate surface area is 112 Å². The molecule has 104 valence electrons. The highest BCUT2D eigenvalue weighted by atomic mass is 32.1. The van der Waals surface area contributed by atoms with E-state index in [1.54, 1.807) is 18.4 Å². The molecular formula is C12H22N2O3S. The van der Waals surface area contributed by atoms with Crippen molar-refractivity contribution in [3.63, 3.8) is 0 Å². The summed E-state index contributed by atoms with van der Waals surface area (Å²) >= 11 is 1.58. The van der Waals surface area contributed by atoms with E-state index in [1.165, 1.54) is 0 Å². The van der Waals surface area contributed by atoms with Crippen LogP contribution in [0.5, 0.6) is 0 Å². The van der Waals surface area contributed by atoms with Gasteiger partial charge in [-0.25, -0.2) is 4.98 Å². The van der Waals surface area contributed by atoms with Crippen molar-refractivity contribution in [1.82, 2.24) is 9.88 Å². The molecule has 0 radical (unpaired) electrons. The quantitative estimate of drug-likeness (QED) is 0.728. The first-order chi connectivity index (χ1) is 8.61. The fourth-order valence-electron chi connectivity index (χ4n) is 1.63. The minimum Gasteiger partial charge on any atom is -0.389 e. The summed E-state index contributed by atoms with van der Waals surface area (Å²) in [5.74, 6) is 0. The zero-order valence-corrected chi connectivity index (χ0v) is 12.0. The average Bonchev–Trinajstić information content (AvgIpc) is 2.79. The summed E-state index contributed by atoms with van der Waals surface area (Å²) in [6.07, 6.45) is -0.485. The Morgan fingerprint density at radius 2 is 2.28 bits per heavy atom. The van der Waals surface area contributed by atoms with Crippen LogP contribution in [0, 0.1) is 0 Å². The highest BCUT2D eigenvalue weighted by molar-refractivity contribution is 7.07. The van der Waals surface area contributed by atoms with Crippen LogP contribution in [-0.2, 0) is 16.0 Å². The lowest BCUT2D eigenvalue weighted by Crippen LogP contribution is -2.33. The second kappa shape index (κ2) is 8.55. The molecule has 1 rings (SSSR count). The molecule has 0 aliphatic heterocycles. The van der Waals surface area contributed by atoms with Gasteiger partial charge in [0.1, 0.15) is 0 Å². The first-order valence-corrected chi connectivity index (χ1v) is 6.90. The van der Waals surface area contributed by atoms with E-state index in [4.69, 9.17) is 9.47 Å². The van der Waals surface area contributed by atoms with Crippen LogP contribution in [0.3, 0.4) is 0 Å². The normalized spacial score (nSPS) is 14.9. The van der Waals surface area contributed by atoms with Gasteiger partial charge in [0.25, 0.3) is 0 Å². The highest BCUT2D eigenvalue weighted by Crippen LogP contribution is 2.05. The van der Waals surface area contributed by atoms with Gasteiger partial charge in [-0.3, -0.25) is 4.90 Å². The van der Waals surface area contributed by atoms with Crippen LogP contribution >= 0.6 is 11.3 Å². The van der Waals surface area contributed by atoms with Crippen LogP contribution in [0.1, 0.15) is 12.6 Å². The van der Waals surface area contributed by atoms with Crippen LogP contribution in [0.25, 0.3) is 0 Å². The molecule has 0 spiro atoms. The van der Waals surface area contributed by atoms with E-state index in [9.17, 15) is 5.11 Å². The number of hydrogen-bond donors (Lipinski definition) is 1. The number of nitrogens with zero attached hydrogens (tertiary/aromatic N) is 2. The average molecular weight is 274 g/mol. The van der Waals surface area contributed by atoms with E-state index in [1.807, 2.05) is 29.8 Å². The number of methoxy groups -OCH3 is 1. The lowest BCUT2D eigenvalue weighted by Gasteiger charge is -2.21. The van der Waals surface area contributed by atoms with Crippen LogP contribution < -0.4 is 0 Å². The van der Waals surface area contributed by atoms with Crippen LogP contribution in [0.2, 0.25) is 0 Å². The third-order valence-electron chi connectivity index (χ3n) is 2.41. The second-order valence-corrected chi connectivity index (χ2v) is 5.15. The summed E-state index contributed by atoms with van der Waals surface area (Å²) in [7, 11) is 3.60. The molecule has 5 nitrogen and oxygen atoms in total. The predicted octanol–water partition coefficient (Wildman–Crippen LogP) is 0.987.